The van der Waals surface area contributed by atoms with Gasteiger partial charge in [0.1, 0.15) is 0 Å². The van der Waals surface area contributed by atoms with Crippen molar-refractivity contribution in [3.05, 3.63) is 28.6 Å². The van der Waals surface area contributed by atoms with Crippen molar-refractivity contribution in [2.75, 3.05) is 0 Å². The molecule has 0 unspecified atom stereocenters. The summed E-state index contributed by atoms with van der Waals surface area (Å²) in [4.78, 5) is 0. The third-order valence-electron chi connectivity index (χ3n) is 4.10. The highest BCUT2D eigenvalue weighted by Gasteiger charge is 2.52. The third kappa shape index (κ3) is 2.02. The Morgan fingerprint density at radius 2 is 1.68 bits per heavy atom. The number of thiophene rings is 1. The molecule has 0 saturated carbocycles. The normalized spacial score (nSPS) is 21.2. The van der Waals surface area contributed by atoms with E-state index in [1.165, 1.54) is 0 Å². The minimum absolute atomic E-state index is 0.319. The Kier molecular flexibility index (Phi) is 2.99. The molecular weight excluding hydrogens is 278 g/mol. The maximum atomic E-state index is 6.21. The Morgan fingerprint density at radius 1 is 1.05 bits per heavy atom. The quantitative estimate of drug-likeness (QED) is 0.744. The van der Waals surface area contributed by atoms with E-state index in [9.17, 15) is 0 Å². The maximum Gasteiger partial charge on any atom is 0.496 e. The Labute approximate surface area is 122 Å². The van der Waals surface area contributed by atoms with E-state index < -0.39 is 0 Å². The number of rotatable bonds is 1. The van der Waals surface area contributed by atoms with Gasteiger partial charge in [0.05, 0.1) is 11.2 Å². The van der Waals surface area contributed by atoms with Crippen molar-refractivity contribution in [3.8, 4) is 0 Å². The van der Waals surface area contributed by atoms with Gasteiger partial charge in [0.25, 0.3) is 0 Å². The molecule has 2 aromatic rings. The fourth-order valence-electron chi connectivity index (χ4n) is 2.20. The summed E-state index contributed by atoms with van der Waals surface area (Å²) < 4.78 is 13.4. The Morgan fingerprint density at radius 3 is 2.32 bits per heavy atom. The first kappa shape index (κ1) is 13.4. The molecule has 1 aromatic heterocycles. The van der Waals surface area contributed by atoms with Crippen LogP contribution in [0.5, 0.6) is 0 Å². The van der Waals surface area contributed by atoms with Crippen molar-refractivity contribution in [2.45, 2.75) is 38.9 Å². The smallest absolute Gasteiger partial charge is 0.399 e. The van der Waals surface area contributed by atoms with E-state index in [1.807, 2.05) is 23.6 Å². The SMILES string of the molecule is CC1(C)OB(c2ccc(Cl)c3ccsc23)OC1(C)C. The van der Waals surface area contributed by atoms with Crippen molar-refractivity contribution in [3.63, 3.8) is 0 Å². The van der Waals surface area contributed by atoms with Crippen molar-refractivity contribution in [2.24, 2.45) is 0 Å². The largest absolute Gasteiger partial charge is 0.496 e. The second-order valence-corrected chi connectivity index (χ2v) is 7.21. The molecule has 1 aliphatic heterocycles. The van der Waals surface area contributed by atoms with Crippen molar-refractivity contribution >= 4 is 45.6 Å². The van der Waals surface area contributed by atoms with Crippen LogP contribution in [0, 0.1) is 0 Å². The molecule has 1 saturated heterocycles. The number of hydrogen-bond acceptors (Lipinski definition) is 3. The molecule has 0 amide bonds. The van der Waals surface area contributed by atoms with Crippen LogP contribution >= 0.6 is 22.9 Å². The van der Waals surface area contributed by atoms with E-state index in [1.54, 1.807) is 11.3 Å². The summed E-state index contributed by atoms with van der Waals surface area (Å²) in [5, 5.41) is 3.89. The van der Waals surface area contributed by atoms with Crippen LogP contribution in [-0.2, 0) is 9.31 Å². The first-order valence-electron chi connectivity index (χ1n) is 6.33. The molecule has 1 aliphatic rings. The third-order valence-corrected chi connectivity index (χ3v) is 5.39. The summed E-state index contributed by atoms with van der Waals surface area (Å²) in [5.41, 5.74) is 0.426. The number of hydrogen-bond donors (Lipinski definition) is 0. The van der Waals surface area contributed by atoms with Crippen LogP contribution in [-0.4, -0.2) is 18.3 Å². The van der Waals surface area contributed by atoms with Gasteiger partial charge in [-0.3, -0.25) is 0 Å². The number of halogens is 1. The topological polar surface area (TPSA) is 18.5 Å². The summed E-state index contributed by atoms with van der Waals surface area (Å²) in [6.45, 7) is 8.26. The summed E-state index contributed by atoms with van der Waals surface area (Å²) in [7, 11) is -0.330. The lowest BCUT2D eigenvalue weighted by Gasteiger charge is -2.32. The average molecular weight is 295 g/mol. The number of fused-ring (bicyclic) bond motifs is 1. The fourth-order valence-corrected chi connectivity index (χ4v) is 3.43. The van der Waals surface area contributed by atoms with E-state index in [-0.39, 0.29) is 18.3 Å². The minimum atomic E-state index is -0.330. The van der Waals surface area contributed by atoms with Crippen LogP contribution in [0.2, 0.25) is 5.02 Å². The highest BCUT2D eigenvalue weighted by molar-refractivity contribution is 7.18. The van der Waals surface area contributed by atoms with Gasteiger partial charge < -0.3 is 9.31 Å². The molecule has 0 bridgehead atoms. The summed E-state index contributed by atoms with van der Waals surface area (Å²) in [5.74, 6) is 0. The molecule has 2 nitrogen and oxygen atoms in total. The monoisotopic (exact) mass is 294 g/mol. The van der Waals surface area contributed by atoms with Crippen LogP contribution in [0.25, 0.3) is 10.1 Å². The molecule has 1 aromatic carbocycles. The van der Waals surface area contributed by atoms with E-state index in [4.69, 9.17) is 20.9 Å². The van der Waals surface area contributed by atoms with Crippen molar-refractivity contribution in [1.29, 1.82) is 0 Å². The number of benzene rings is 1. The average Bonchev–Trinajstić information content (AvgIpc) is 2.84. The van der Waals surface area contributed by atoms with E-state index in [0.717, 1.165) is 20.6 Å². The summed E-state index contributed by atoms with van der Waals surface area (Å²) in [6, 6.07) is 5.96. The molecule has 0 atom stereocenters. The van der Waals surface area contributed by atoms with Crippen LogP contribution in [0.15, 0.2) is 23.6 Å². The van der Waals surface area contributed by atoms with Crippen LogP contribution in [0.3, 0.4) is 0 Å². The summed E-state index contributed by atoms with van der Waals surface area (Å²) >= 11 is 7.88. The molecule has 1 fully saturated rings. The zero-order chi connectivity index (χ0) is 13.8. The lowest BCUT2D eigenvalue weighted by molar-refractivity contribution is 0.00578. The first-order valence-corrected chi connectivity index (χ1v) is 7.59. The van der Waals surface area contributed by atoms with Gasteiger partial charge in [-0.05, 0) is 45.2 Å². The van der Waals surface area contributed by atoms with Gasteiger partial charge in [0.15, 0.2) is 0 Å². The van der Waals surface area contributed by atoms with Crippen molar-refractivity contribution < 1.29 is 9.31 Å². The Balaban J connectivity index is 2.08. The van der Waals surface area contributed by atoms with E-state index in [0.29, 0.717) is 0 Å². The summed E-state index contributed by atoms with van der Waals surface area (Å²) in [6.07, 6.45) is 0. The van der Waals surface area contributed by atoms with Crippen LogP contribution in [0.4, 0.5) is 0 Å². The minimum Gasteiger partial charge on any atom is -0.399 e. The Bertz CT molecular complexity index is 619. The molecule has 0 radical (unpaired) electrons. The van der Waals surface area contributed by atoms with E-state index in [2.05, 4.69) is 27.7 Å². The Hall–Kier alpha value is -0.545. The van der Waals surface area contributed by atoms with Gasteiger partial charge in [-0.2, -0.15) is 0 Å². The first-order chi connectivity index (χ1) is 8.82. The molecule has 2 heterocycles. The van der Waals surface area contributed by atoms with Gasteiger partial charge in [0, 0.05) is 20.6 Å². The molecule has 5 heteroatoms. The predicted molar refractivity (Wildman–Crippen MR) is 82.6 cm³/mol. The van der Waals surface area contributed by atoms with E-state index >= 15 is 0 Å². The molecule has 100 valence electrons. The van der Waals surface area contributed by atoms with Crippen LogP contribution in [0.1, 0.15) is 27.7 Å². The predicted octanol–water partition coefficient (Wildman–Crippen LogP) is 3.85. The standard InChI is InChI=1S/C14H16BClO2S/c1-13(2)14(3,4)18-15(17-13)10-5-6-11(16)9-7-8-19-12(9)10/h5-8H,1-4H3. The van der Waals surface area contributed by atoms with Gasteiger partial charge in [-0.15, -0.1) is 11.3 Å². The molecule has 0 spiro atoms. The lowest BCUT2D eigenvalue weighted by Crippen LogP contribution is -2.41. The second kappa shape index (κ2) is 4.22. The van der Waals surface area contributed by atoms with Crippen molar-refractivity contribution in [1.82, 2.24) is 0 Å². The molecule has 19 heavy (non-hydrogen) atoms. The van der Waals surface area contributed by atoms with Gasteiger partial charge in [-0.25, -0.2) is 0 Å². The second-order valence-electron chi connectivity index (χ2n) is 5.89. The zero-order valence-corrected chi connectivity index (χ0v) is 13.1. The van der Waals surface area contributed by atoms with Crippen LogP contribution < -0.4 is 5.46 Å². The van der Waals surface area contributed by atoms with Gasteiger partial charge in [-0.1, -0.05) is 17.7 Å². The zero-order valence-electron chi connectivity index (χ0n) is 11.5. The highest BCUT2D eigenvalue weighted by atomic mass is 35.5. The molecule has 0 aliphatic carbocycles. The lowest BCUT2D eigenvalue weighted by atomic mass is 9.78. The molecule has 0 N–H and O–H groups in total. The molecule has 3 rings (SSSR count). The maximum absolute atomic E-state index is 6.21. The van der Waals surface area contributed by atoms with Gasteiger partial charge >= 0.3 is 7.12 Å². The van der Waals surface area contributed by atoms with Gasteiger partial charge in [0.2, 0.25) is 0 Å². The molecular formula is C14H16BClO2S. The fraction of sp³-hybridized carbons (Fsp3) is 0.429. The highest BCUT2D eigenvalue weighted by Crippen LogP contribution is 2.37.